The van der Waals surface area contributed by atoms with Gasteiger partial charge in [-0.05, 0) is 44.0 Å². The predicted molar refractivity (Wildman–Crippen MR) is 96.1 cm³/mol. The molecule has 0 atom stereocenters. The first kappa shape index (κ1) is 17.3. The molecule has 1 aliphatic rings. The van der Waals surface area contributed by atoms with Crippen molar-refractivity contribution in [3.63, 3.8) is 0 Å². The fraction of sp³-hybridized carbons (Fsp3) is 0.400. The highest BCUT2D eigenvalue weighted by atomic mass is 16.3. The lowest BCUT2D eigenvalue weighted by molar-refractivity contribution is -0.134. The number of nitrogens with zero attached hydrogens (tertiary/aromatic N) is 2. The van der Waals surface area contributed by atoms with E-state index in [1.165, 1.54) is 0 Å². The number of furan rings is 1. The molecule has 0 aliphatic carbocycles. The smallest absolute Gasteiger partial charge is 0.247 e. The number of carbonyl (C=O) groups excluding carboxylic acids is 2. The van der Waals surface area contributed by atoms with Crippen LogP contribution >= 0.6 is 0 Å². The van der Waals surface area contributed by atoms with E-state index in [-0.39, 0.29) is 18.4 Å². The number of anilines is 1. The Hall–Kier alpha value is -2.56. The first-order valence-electron chi connectivity index (χ1n) is 8.80. The molecule has 0 unspecified atom stereocenters. The van der Waals surface area contributed by atoms with E-state index in [9.17, 15) is 9.59 Å². The molecule has 2 heterocycles. The Morgan fingerprint density at radius 1 is 1.16 bits per heavy atom. The Bertz CT molecular complexity index is 707. The van der Waals surface area contributed by atoms with Gasteiger partial charge in [-0.15, -0.1) is 0 Å². The van der Waals surface area contributed by atoms with Gasteiger partial charge in [0.1, 0.15) is 12.3 Å². The maximum atomic E-state index is 13.0. The van der Waals surface area contributed by atoms with Gasteiger partial charge in [-0.2, -0.15) is 0 Å². The van der Waals surface area contributed by atoms with Crippen LogP contribution in [0.15, 0.2) is 47.1 Å². The third kappa shape index (κ3) is 4.50. The van der Waals surface area contributed by atoms with E-state index < -0.39 is 0 Å². The summed E-state index contributed by atoms with van der Waals surface area (Å²) in [5.74, 6) is 0.708. The second kappa shape index (κ2) is 8.01. The molecule has 2 aromatic rings. The van der Waals surface area contributed by atoms with Gasteiger partial charge in [-0.1, -0.05) is 24.1 Å². The molecule has 0 N–H and O–H groups in total. The lowest BCUT2D eigenvalue weighted by atomic mass is 10.2. The Morgan fingerprint density at radius 2 is 1.96 bits per heavy atom. The summed E-state index contributed by atoms with van der Waals surface area (Å²) in [5, 5.41) is 0. The van der Waals surface area contributed by atoms with Gasteiger partial charge in [0.15, 0.2) is 0 Å². The van der Waals surface area contributed by atoms with Crippen LogP contribution < -0.4 is 4.90 Å². The van der Waals surface area contributed by atoms with Gasteiger partial charge in [0.05, 0.1) is 12.8 Å². The second-order valence-electron chi connectivity index (χ2n) is 6.52. The Kier molecular flexibility index (Phi) is 5.53. The lowest BCUT2D eigenvalue weighted by Gasteiger charge is -2.26. The highest BCUT2D eigenvalue weighted by Crippen LogP contribution is 2.20. The average Bonchev–Trinajstić information content (AvgIpc) is 3.04. The van der Waals surface area contributed by atoms with Crippen LogP contribution in [0.25, 0.3) is 0 Å². The molecule has 5 heteroatoms. The van der Waals surface area contributed by atoms with Crippen LogP contribution in [-0.2, 0) is 16.1 Å². The number of carbonyl (C=O) groups is 2. The fourth-order valence-corrected chi connectivity index (χ4v) is 3.06. The average molecular weight is 340 g/mol. The standard InChI is InChI=1S/C20H24N2O3/c1-16-8-10-17(11-9-16)22(14-18-6-5-13-25-18)20(24)15-21-12-4-2-3-7-19(21)23/h5-6,8-11,13H,2-4,7,12,14-15H2,1H3. The van der Waals surface area contributed by atoms with Crippen LogP contribution in [0, 0.1) is 6.92 Å². The number of hydrogen-bond donors (Lipinski definition) is 0. The minimum Gasteiger partial charge on any atom is -0.467 e. The van der Waals surface area contributed by atoms with Crippen molar-refractivity contribution in [1.82, 2.24) is 4.90 Å². The molecule has 1 aromatic carbocycles. The molecule has 132 valence electrons. The van der Waals surface area contributed by atoms with Crippen molar-refractivity contribution in [2.75, 3.05) is 18.0 Å². The Balaban J connectivity index is 1.78. The molecule has 0 saturated carbocycles. The van der Waals surface area contributed by atoms with E-state index in [0.717, 1.165) is 36.3 Å². The van der Waals surface area contributed by atoms with Crippen LogP contribution in [0.2, 0.25) is 0 Å². The van der Waals surface area contributed by atoms with Gasteiger partial charge in [0.2, 0.25) is 11.8 Å². The molecular formula is C20H24N2O3. The monoisotopic (exact) mass is 340 g/mol. The minimum absolute atomic E-state index is 0.0766. The summed E-state index contributed by atoms with van der Waals surface area (Å²) in [6, 6.07) is 11.5. The SMILES string of the molecule is Cc1ccc(N(Cc2ccco2)C(=O)CN2CCCCCC2=O)cc1. The maximum Gasteiger partial charge on any atom is 0.247 e. The number of rotatable bonds is 5. The van der Waals surface area contributed by atoms with Gasteiger partial charge in [0.25, 0.3) is 0 Å². The zero-order valence-electron chi connectivity index (χ0n) is 14.6. The second-order valence-corrected chi connectivity index (χ2v) is 6.52. The van der Waals surface area contributed by atoms with Gasteiger partial charge >= 0.3 is 0 Å². The van der Waals surface area contributed by atoms with Crippen molar-refractivity contribution in [2.24, 2.45) is 0 Å². The van der Waals surface area contributed by atoms with Crippen LogP contribution in [0.3, 0.4) is 0 Å². The molecule has 1 aliphatic heterocycles. The molecule has 1 fully saturated rings. The van der Waals surface area contributed by atoms with E-state index in [0.29, 0.717) is 19.5 Å². The molecule has 3 rings (SSSR count). The van der Waals surface area contributed by atoms with Gasteiger partial charge in [0, 0.05) is 18.7 Å². The Labute approximate surface area is 148 Å². The molecular weight excluding hydrogens is 316 g/mol. The van der Waals surface area contributed by atoms with Crippen molar-refractivity contribution in [3.8, 4) is 0 Å². The summed E-state index contributed by atoms with van der Waals surface area (Å²) in [5.41, 5.74) is 1.95. The van der Waals surface area contributed by atoms with Crippen molar-refractivity contribution in [1.29, 1.82) is 0 Å². The predicted octanol–water partition coefficient (Wildman–Crippen LogP) is 3.52. The van der Waals surface area contributed by atoms with E-state index in [1.54, 1.807) is 16.1 Å². The normalized spacial score (nSPS) is 15.1. The maximum absolute atomic E-state index is 13.0. The molecule has 0 radical (unpaired) electrons. The van der Waals surface area contributed by atoms with Gasteiger partial charge in [-0.25, -0.2) is 0 Å². The third-order valence-electron chi connectivity index (χ3n) is 4.54. The lowest BCUT2D eigenvalue weighted by Crippen LogP contribution is -2.42. The molecule has 1 aromatic heterocycles. The van der Waals surface area contributed by atoms with Crippen molar-refractivity contribution in [2.45, 2.75) is 39.2 Å². The van der Waals surface area contributed by atoms with Gasteiger partial charge < -0.3 is 14.2 Å². The number of benzene rings is 1. The molecule has 1 saturated heterocycles. The number of aryl methyl sites for hydroxylation is 1. The first-order valence-corrected chi connectivity index (χ1v) is 8.80. The van der Waals surface area contributed by atoms with Crippen LogP contribution in [0.1, 0.15) is 37.0 Å². The third-order valence-corrected chi connectivity index (χ3v) is 4.54. The van der Waals surface area contributed by atoms with E-state index in [4.69, 9.17) is 4.42 Å². The molecule has 2 amide bonds. The molecule has 0 bridgehead atoms. The largest absolute Gasteiger partial charge is 0.467 e. The quantitative estimate of drug-likeness (QED) is 0.837. The van der Waals surface area contributed by atoms with Crippen LogP contribution in [0.5, 0.6) is 0 Å². The summed E-state index contributed by atoms with van der Waals surface area (Å²) in [6.07, 6.45) is 5.06. The number of hydrogen-bond acceptors (Lipinski definition) is 3. The zero-order valence-corrected chi connectivity index (χ0v) is 14.6. The van der Waals surface area contributed by atoms with Gasteiger partial charge in [-0.3, -0.25) is 9.59 Å². The van der Waals surface area contributed by atoms with Crippen molar-refractivity contribution < 1.29 is 14.0 Å². The van der Waals surface area contributed by atoms with Crippen LogP contribution in [0.4, 0.5) is 5.69 Å². The molecule has 5 nitrogen and oxygen atoms in total. The van der Waals surface area contributed by atoms with Crippen molar-refractivity contribution >= 4 is 17.5 Å². The van der Waals surface area contributed by atoms with Crippen molar-refractivity contribution in [3.05, 3.63) is 54.0 Å². The topological polar surface area (TPSA) is 53.8 Å². The fourth-order valence-electron chi connectivity index (χ4n) is 3.06. The summed E-state index contributed by atoms with van der Waals surface area (Å²) in [7, 11) is 0. The molecule has 0 spiro atoms. The van der Waals surface area contributed by atoms with Crippen LogP contribution in [-0.4, -0.2) is 29.8 Å². The van der Waals surface area contributed by atoms with E-state index >= 15 is 0 Å². The summed E-state index contributed by atoms with van der Waals surface area (Å²) in [4.78, 5) is 28.6. The highest BCUT2D eigenvalue weighted by Gasteiger charge is 2.24. The summed E-state index contributed by atoms with van der Waals surface area (Å²) < 4.78 is 5.42. The minimum atomic E-state index is -0.0875. The number of amides is 2. The highest BCUT2D eigenvalue weighted by molar-refractivity contribution is 5.96. The summed E-state index contributed by atoms with van der Waals surface area (Å²) in [6.45, 7) is 3.15. The first-order chi connectivity index (χ1) is 12.1. The van der Waals surface area contributed by atoms with E-state index in [1.807, 2.05) is 43.3 Å². The Morgan fingerprint density at radius 3 is 2.68 bits per heavy atom. The van der Waals surface area contributed by atoms with E-state index in [2.05, 4.69) is 0 Å². The zero-order chi connectivity index (χ0) is 17.6. The molecule has 25 heavy (non-hydrogen) atoms. The summed E-state index contributed by atoms with van der Waals surface area (Å²) >= 11 is 0. The number of likely N-dealkylation sites (tertiary alicyclic amines) is 1.